The molecule has 3 heterocycles. The number of rotatable bonds is 2. The molecular weight excluding hydrogens is 320 g/mol. The number of halogens is 1. The van der Waals surface area contributed by atoms with Crippen LogP contribution in [-0.4, -0.2) is 18.2 Å². The molecule has 0 saturated carbocycles. The minimum absolute atomic E-state index is 0.459. The molecule has 1 fully saturated rings. The van der Waals surface area contributed by atoms with E-state index in [9.17, 15) is 5.26 Å². The molecule has 0 aliphatic carbocycles. The number of nitrogens with zero attached hydrogens (tertiary/aromatic N) is 2. The van der Waals surface area contributed by atoms with Crippen LogP contribution in [0, 0.1) is 11.3 Å². The van der Waals surface area contributed by atoms with Crippen molar-refractivity contribution in [1.82, 2.24) is 4.98 Å². The molecule has 3 nitrogen and oxygen atoms in total. The molecule has 3 rings (SSSR count). The number of aromatic nitrogens is 1. The van der Waals surface area contributed by atoms with E-state index in [0.29, 0.717) is 13.2 Å². The molecule has 0 radical (unpaired) electrons. The van der Waals surface area contributed by atoms with Gasteiger partial charge in [0.1, 0.15) is 10.4 Å². The van der Waals surface area contributed by atoms with E-state index in [-0.39, 0.29) is 0 Å². The zero-order valence-corrected chi connectivity index (χ0v) is 11.9. The largest absolute Gasteiger partial charge is 0.377 e. The first-order valence-corrected chi connectivity index (χ1v) is 7.43. The minimum atomic E-state index is -0.511. The van der Waals surface area contributed by atoms with Crippen LogP contribution >= 0.6 is 38.6 Å². The first-order chi connectivity index (χ1) is 8.23. The van der Waals surface area contributed by atoms with E-state index in [1.807, 2.05) is 17.5 Å². The molecule has 0 spiro atoms. The Morgan fingerprint density at radius 1 is 1.47 bits per heavy atom. The molecule has 0 amide bonds. The summed E-state index contributed by atoms with van der Waals surface area (Å²) in [7, 11) is 0. The van der Waals surface area contributed by atoms with Crippen LogP contribution in [0.25, 0.3) is 9.88 Å². The summed E-state index contributed by atoms with van der Waals surface area (Å²) in [5.74, 6) is 0. The van der Waals surface area contributed by atoms with Crippen LogP contribution in [0.15, 0.2) is 21.3 Å². The summed E-state index contributed by atoms with van der Waals surface area (Å²) < 4.78 is 6.23. The third-order valence-corrected chi connectivity index (χ3v) is 5.32. The van der Waals surface area contributed by atoms with E-state index in [1.165, 1.54) is 0 Å². The second-order valence-corrected chi connectivity index (χ2v) is 7.15. The molecule has 0 aromatic carbocycles. The fraction of sp³-hybridized carbons (Fsp3) is 0.273. The Hall–Kier alpha value is -0.740. The highest BCUT2D eigenvalue weighted by Gasteiger charge is 2.43. The van der Waals surface area contributed by atoms with Gasteiger partial charge in [0, 0.05) is 5.38 Å². The van der Waals surface area contributed by atoms with Crippen molar-refractivity contribution in [3.05, 3.63) is 27.0 Å². The third-order valence-electron chi connectivity index (χ3n) is 2.69. The van der Waals surface area contributed by atoms with E-state index in [0.717, 1.165) is 19.4 Å². The number of thiazole rings is 1. The molecule has 2 aromatic heterocycles. The summed E-state index contributed by atoms with van der Waals surface area (Å²) in [5, 5.41) is 12.1. The summed E-state index contributed by atoms with van der Waals surface area (Å²) in [4.78, 5) is 5.69. The lowest BCUT2D eigenvalue weighted by Gasteiger charge is -2.33. The highest BCUT2D eigenvalue weighted by atomic mass is 79.9. The van der Waals surface area contributed by atoms with Crippen molar-refractivity contribution in [3.8, 4) is 16.0 Å². The van der Waals surface area contributed by atoms with E-state index in [2.05, 4.69) is 27.0 Å². The Morgan fingerprint density at radius 3 is 2.82 bits per heavy atom. The Balaban J connectivity index is 1.96. The van der Waals surface area contributed by atoms with Gasteiger partial charge in [-0.2, -0.15) is 5.26 Å². The minimum Gasteiger partial charge on any atom is -0.377 e. The van der Waals surface area contributed by atoms with Gasteiger partial charge in [-0.05, 0) is 28.1 Å². The van der Waals surface area contributed by atoms with Gasteiger partial charge in [-0.3, -0.25) is 0 Å². The van der Waals surface area contributed by atoms with Gasteiger partial charge in [-0.15, -0.1) is 22.7 Å². The number of hydrogen-bond acceptors (Lipinski definition) is 5. The molecule has 17 heavy (non-hydrogen) atoms. The number of thiophene rings is 1. The van der Waals surface area contributed by atoms with E-state index in [4.69, 9.17) is 4.74 Å². The number of ether oxygens (including phenoxy) is 1. The zero-order valence-electron chi connectivity index (χ0n) is 8.64. The maximum absolute atomic E-state index is 9.20. The lowest BCUT2D eigenvalue weighted by molar-refractivity contribution is -0.0314. The second-order valence-electron chi connectivity index (χ2n) is 3.83. The van der Waals surface area contributed by atoms with Crippen molar-refractivity contribution in [1.29, 1.82) is 5.26 Å². The Labute approximate surface area is 115 Å². The maximum atomic E-state index is 9.20. The van der Waals surface area contributed by atoms with Gasteiger partial charge in [0.05, 0.1) is 33.6 Å². The van der Waals surface area contributed by atoms with Crippen LogP contribution < -0.4 is 0 Å². The summed E-state index contributed by atoms with van der Waals surface area (Å²) in [5.41, 5.74) is 0.333. The lowest BCUT2D eigenvalue weighted by Crippen LogP contribution is -2.45. The average Bonchev–Trinajstić information content (AvgIpc) is 2.86. The van der Waals surface area contributed by atoms with Gasteiger partial charge in [-0.25, -0.2) is 4.98 Å². The average molecular weight is 327 g/mol. The quantitative estimate of drug-likeness (QED) is 0.849. The standard InChI is InChI=1S/C11H7BrN2OS2/c12-9-2-1-7(17-9)10-14-8(3-16-10)11(4-13)5-15-6-11/h1-3H,5-6H2. The van der Waals surface area contributed by atoms with Gasteiger partial charge in [0.25, 0.3) is 0 Å². The highest BCUT2D eigenvalue weighted by molar-refractivity contribution is 9.11. The lowest BCUT2D eigenvalue weighted by atomic mass is 9.85. The van der Waals surface area contributed by atoms with Crippen molar-refractivity contribution < 1.29 is 4.74 Å². The first-order valence-electron chi connectivity index (χ1n) is 4.94. The van der Waals surface area contributed by atoms with Gasteiger partial charge >= 0.3 is 0 Å². The molecule has 0 atom stereocenters. The van der Waals surface area contributed by atoms with E-state index >= 15 is 0 Å². The van der Waals surface area contributed by atoms with Crippen LogP contribution in [0.1, 0.15) is 5.69 Å². The Morgan fingerprint density at radius 2 is 2.29 bits per heavy atom. The summed E-state index contributed by atoms with van der Waals surface area (Å²) in [6.45, 7) is 0.918. The summed E-state index contributed by atoms with van der Waals surface area (Å²) in [6.07, 6.45) is 0. The SMILES string of the molecule is N#CC1(c2csc(-c3ccc(Br)s3)n2)COC1. The molecule has 0 N–H and O–H groups in total. The topological polar surface area (TPSA) is 45.9 Å². The highest BCUT2D eigenvalue weighted by Crippen LogP contribution is 2.37. The van der Waals surface area contributed by atoms with Gasteiger partial charge in [0.15, 0.2) is 0 Å². The van der Waals surface area contributed by atoms with Crippen LogP contribution in [0.3, 0.4) is 0 Å². The molecule has 0 unspecified atom stereocenters. The van der Waals surface area contributed by atoms with Crippen molar-refractivity contribution in [2.75, 3.05) is 13.2 Å². The molecular formula is C11H7BrN2OS2. The molecule has 6 heteroatoms. The van der Waals surface area contributed by atoms with Crippen LogP contribution in [0.4, 0.5) is 0 Å². The molecule has 86 valence electrons. The molecule has 2 aromatic rings. The van der Waals surface area contributed by atoms with Gasteiger partial charge in [0.2, 0.25) is 0 Å². The fourth-order valence-electron chi connectivity index (χ4n) is 1.61. The fourth-order valence-corrected chi connectivity index (χ4v) is 3.99. The number of hydrogen-bond donors (Lipinski definition) is 0. The predicted octanol–water partition coefficient (Wildman–Crippen LogP) is 3.43. The van der Waals surface area contributed by atoms with Crippen molar-refractivity contribution in [2.45, 2.75) is 5.41 Å². The van der Waals surface area contributed by atoms with Crippen molar-refractivity contribution in [3.63, 3.8) is 0 Å². The van der Waals surface area contributed by atoms with Gasteiger partial charge < -0.3 is 4.74 Å². The van der Waals surface area contributed by atoms with Gasteiger partial charge in [-0.1, -0.05) is 0 Å². The second kappa shape index (κ2) is 4.18. The van der Waals surface area contributed by atoms with E-state index in [1.54, 1.807) is 22.7 Å². The van der Waals surface area contributed by atoms with E-state index < -0.39 is 5.41 Å². The summed E-state index contributed by atoms with van der Waals surface area (Å²) >= 11 is 6.66. The summed E-state index contributed by atoms with van der Waals surface area (Å²) in [6, 6.07) is 6.36. The predicted molar refractivity (Wildman–Crippen MR) is 71.2 cm³/mol. The van der Waals surface area contributed by atoms with Crippen LogP contribution in [0.5, 0.6) is 0 Å². The Kier molecular flexibility index (Phi) is 2.79. The van der Waals surface area contributed by atoms with Crippen LogP contribution in [-0.2, 0) is 10.2 Å². The zero-order chi connectivity index (χ0) is 11.9. The normalized spacial score (nSPS) is 17.4. The maximum Gasteiger partial charge on any atom is 0.146 e. The smallest absolute Gasteiger partial charge is 0.146 e. The Bertz CT molecular complexity index is 595. The first kappa shape index (κ1) is 11.4. The molecule has 1 saturated heterocycles. The van der Waals surface area contributed by atoms with Crippen molar-refractivity contribution >= 4 is 38.6 Å². The molecule has 1 aliphatic heterocycles. The van der Waals surface area contributed by atoms with Crippen LogP contribution in [0.2, 0.25) is 0 Å². The monoisotopic (exact) mass is 326 g/mol. The molecule has 0 bridgehead atoms. The third kappa shape index (κ3) is 1.83. The molecule has 1 aliphatic rings. The number of nitriles is 1. The van der Waals surface area contributed by atoms with Crippen molar-refractivity contribution in [2.24, 2.45) is 0 Å².